The third kappa shape index (κ3) is 4.64. The van der Waals surface area contributed by atoms with Crippen molar-refractivity contribution >= 4 is 8.32 Å². The monoisotopic (exact) mass is 302 g/mol. The van der Waals surface area contributed by atoms with Gasteiger partial charge in [-0.15, -0.1) is 0 Å². The van der Waals surface area contributed by atoms with Gasteiger partial charge in [-0.1, -0.05) is 77.8 Å². The topological polar surface area (TPSA) is 9.23 Å². The largest absolute Gasteiger partial charge is 0.500 e. The number of hydrogen-bond acceptors (Lipinski definition) is 1. The summed E-state index contributed by atoms with van der Waals surface area (Å²) in [6.45, 7) is 13.7. The van der Waals surface area contributed by atoms with Gasteiger partial charge in [-0.05, 0) is 28.6 Å². The maximum Gasteiger partial charge on any atom is 0.272 e. The van der Waals surface area contributed by atoms with Crippen LogP contribution in [-0.2, 0) is 10.8 Å². The fourth-order valence-corrected chi connectivity index (χ4v) is 8.34. The quantitative estimate of drug-likeness (QED) is 0.478. The summed E-state index contributed by atoms with van der Waals surface area (Å²) in [5, 5.41) is 0. The molecule has 0 radical (unpaired) electrons. The van der Waals surface area contributed by atoms with Gasteiger partial charge in [-0.3, -0.25) is 0 Å². The van der Waals surface area contributed by atoms with Crippen LogP contribution in [0.15, 0.2) is 30.3 Å². The molecule has 0 atom stereocenters. The van der Waals surface area contributed by atoms with Crippen molar-refractivity contribution in [1.82, 2.24) is 0 Å². The Labute approximate surface area is 132 Å². The van der Waals surface area contributed by atoms with E-state index in [0.717, 1.165) is 12.8 Å². The zero-order chi connectivity index (χ0) is 15.9. The molecule has 1 rings (SSSR count). The van der Waals surface area contributed by atoms with Crippen molar-refractivity contribution in [2.45, 2.75) is 71.0 Å². The van der Waals surface area contributed by atoms with Crippen LogP contribution in [0.4, 0.5) is 0 Å². The highest BCUT2D eigenvalue weighted by Crippen LogP contribution is 2.41. The van der Waals surface area contributed by atoms with Crippen molar-refractivity contribution in [2.75, 3.05) is 0 Å². The molecule has 1 nitrogen and oxygen atoms in total. The summed E-state index contributed by atoms with van der Waals surface area (Å²) in [7, 11) is -1.83. The fraction of sp³-hybridized carbons (Fsp3) is 0.579. The predicted molar refractivity (Wildman–Crippen MR) is 94.7 cm³/mol. The Balaban J connectivity index is 2.64. The molecule has 0 heterocycles. The van der Waals surface area contributed by atoms with Crippen molar-refractivity contribution in [3.63, 3.8) is 0 Å². The van der Waals surface area contributed by atoms with E-state index in [1.807, 2.05) is 6.07 Å². The second kappa shape index (κ2) is 8.29. The van der Waals surface area contributed by atoms with Crippen LogP contribution in [0.25, 0.3) is 0 Å². The van der Waals surface area contributed by atoms with E-state index in [1.165, 1.54) is 5.56 Å². The summed E-state index contributed by atoms with van der Waals surface area (Å²) in [5.41, 5.74) is 3.09. The lowest BCUT2D eigenvalue weighted by Crippen LogP contribution is -2.46. The number of benzene rings is 1. The fourth-order valence-electron chi connectivity index (χ4n) is 3.38. The Morgan fingerprint density at radius 2 is 1.43 bits per heavy atom. The number of aryl methyl sites for hydroxylation is 1. The first-order valence-corrected chi connectivity index (χ1v) is 10.2. The molecular formula is C19H30OSi. The maximum absolute atomic E-state index is 6.23. The standard InChI is InChI=1S/C19H30OSi/c1-16(2)21(17(3)4,18(5)6)20-15-11-10-14-19-12-8-7-9-13-19/h7-9,12-13,16-18H,10,14H2,1-6H3. The summed E-state index contributed by atoms with van der Waals surface area (Å²) in [5.74, 6) is 3.22. The first-order valence-electron chi connectivity index (χ1n) is 8.11. The summed E-state index contributed by atoms with van der Waals surface area (Å²) in [6, 6.07) is 10.5. The Bertz CT molecular complexity index is 444. The lowest BCUT2D eigenvalue weighted by atomic mass is 10.1. The van der Waals surface area contributed by atoms with Crippen LogP contribution >= 0.6 is 0 Å². The lowest BCUT2D eigenvalue weighted by molar-refractivity contribution is 0.446. The van der Waals surface area contributed by atoms with E-state index in [2.05, 4.69) is 77.8 Å². The minimum atomic E-state index is -1.83. The summed E-state index contributed by atoms with van der Waals surface area (Å²) in [6.07, 6.45) is 4.91. The van der Waals surface area contributed by atoms with Crippen LogP contribution in [0, 0.1) is 12.0 Å². The van der Waals surface area contributed by atoms with Gasteiger partial charge >= 0.3 is 0 Å². The van der Waals surface area contributed by atoms with Crippen molar-refractivity contribution in [2.24, 2.45) is 0 Å². The summed E-state index contributed by atoms with van der Waals surface area (Å²) >= 11 is 0. The molecule has 21 heavy (non-hydrogen) atoms. The van der Waals surface area contributed by atoms with Gasteiger partial charge in [-0.25, -0.2) is 0 Å². The molecule has 0 saturated heterocycles. The summed E-state index contributed by atoms with van der Waals surface area (Å²) < 4.78 is 6.23. The molecule has 1 aromatic carbocycles. The molecule has 0 aromatic heterocycles. The average molecular weight is 303 g/mol. The minimum absolute atomic E-state index is 0.584. The normalized spacial score (nSPS) is 11.7. The minimum Gasteiger partial charge on any atom is -0.500 e. The predicted octanol–water partition coefficient (Wildman–Crippen LogP) is 5.77. The molecule has 0 aliphatic rings. The number of rotatable bonds is 6. The van der Waals surface area contributed by atoms with E-state index in [-0.39, 0.29) is 0 Å². The molecule has 1 aromatic rings. The zero-order valence-electron chi connectivity index (χ0n) is 14.4. The Hall–Kier alpha value is -1.20. The van der Waals surface area contributed by atoms with Crippen molar-refractivity contribution in [3.8, 4) is 12.0 Å². The molecule has 0 unspecified atom stereocenters. The molecule has 0 bridgehead atoms. The highest BCUT2D eigenvalue weighted by molar-refractivity contribution is 6.77. The zero-order valence-corrected chi connectivity index (χ0v) is 15.4. The van der Waals surface area contributed by atoms with Gasteiger partial charge in [0, 0.05) is 6.42 Å². The van der Waals surface area contributed by atoms with Crippen molar-refractivity contribution in [1.29, 1.82) is 0 Å². The first kappa shape index (κ1) is 17.8. The van der Waals surface area contributed by atoms with E-state index in [9.17, 15) is 0 Å². The van der Waals surface area contributed by atoms with E-state index in [1.54, 1.807) is 0 Å². The Morgan fingerprint density at radius 1 is 0.905 bits per heavy atom. The van der Waals surface area contributed by atoms with Gasteiger partial charge in [0.1, 0.15) is 0 Å². The molecule has 0 spiro atoms. The third-order valence-corrected chi connectivity index (χ3v) is 10.3. The molecule has 0 aliphatic heterocycles. The SMILES string of the molecule is CC(C)[Si](OC#CCCc1ccccc1)(C(C)C)C(C)C. The molecule has 0 N–H and O–H groups in total. The lowest BCUT2D eigenvalue weighted by Gasteiger charge is -2.39. The molecule has 116 valence electrons. The molecule has 0 aliphatic carbocycles. The highest BCUT2D eigenvalue weighted by atomic mass is 28.4. The molecule has 0 saturated carbocycles. The van der Waals surface area contributed by atoms with Gasteiger partial charge in [0.15, 0.2) is 0 Å². The van der Waals surface area contributed by atoms with Crippen LogP contribution in [0.3, 0.4) is 0 Å². The highest BCUT2D eigenvalue weighted by Gasteiger charge is 2.46. The van der Waals surface area contributed by atoms with Gasteiger partial charge in [0.05, 0.1) is 6.11 Å². The smallest absolute Gasteiger partial charge is 0.272 e. The van der Waals surface area contributed by atoms with Crippen LogP contribution in [0.5, 0.6) is 0 Å². The van der Waals surface area contributed by atoms with E-state index in [4.69, 9.17) is 4.43 Å². The number of hydrogen-bond donors (Lipinski definition) is 0. The molecular weight excluding hydrogens is 272 g/mol. The van der Waals surface area contributed by atoms with E-state index < -0.39 is 8.32 Å². The van der Waals surface area contributed by atoms with Gasteiger partial charge in [0.25, 0.3) is 8.32 Å². The van der Waals surface area contributed by atoms with Crippen LogP contribution in [0.1, 0.15) is 53.5 Å². The van der Waals surface area contributed by atoms with E-state index >= 15 is 0 Å². The average Bonchev–Trinajstić information content (AvgIpc) is 2.42. The van der Waals surface area contributed by atoms with Crippen LogP contribution in [-0.4, -0.2) is 8.32 Å². The van der Waals surface area contributed by atoms with Crippen molar-refractivity contribution in [3.05, 3.63) is 35.9 Å². The van der Waals surface area contributed by atoms with Gasteiger partial charge in [-0.2, -0.15) is 0 Å². The second-order valence-electron chi connectivity index (χ2n) is 6.68. The molecule has 0 amide bonds. The Kier molecular flexibility index (Phi) is 7.05. The first-order chi connectivity index (χ1) is 9.91. The van der Waals surface area contributed by atoms with Gasteiger partial charge < -0.3 is 4.43 Å². The van der Waals surface area contributed by atoms with Crippen LogP contribution in [0.2, 0.25) is 16.6 Å². The maximum atomic E-state index is 6.23. The third-order valence-electron chi connectivity index (χ3n) is 4.39. The molecule has 0 fully saturated rings. The second-order valence-corrected chi connectivity index (χ2v) is 12.1. The Morgan fingerprint density at radius 3 is 1.90 bits per heavy atom. The molecule has 2 heteroatoms. The summed E-state index contributed by atoms with van der Waals surface area (Å²) in [4.78, 5) is 0. The van der Waals surface area contributed by atoms with E-state index in [0.29, 0.717) is 16.6 Å². The van der Waals surface area contributed by atoms with Gasteiger partial charge in [0.2, 0.25) is 0 Å². The van der Waals surface area contributed by atoms with Crippen LogP contribution < -0.4 is 0 Å². The van der Waals surface area contributed by atoms with Crippen molar-refractivity contribution < 1.29 is 4.43 Å².